The fraction of sp³-hybridized carbons (Fsp3) is 0.182. The van der Waals surface area contributed by atoms with Crippen molar-refractivity contribution >= 4 is 21.6 Å². The van der Waals surface area contributed by atoms with E-state index in [-0.39, 0.29) is 16.7 Å². The number of hydrogen-bond acceptors (Lipinski definition) is 5. The molecule has 8 heteroatoms. The Bertz CT molecular complexity index is 1180. The summed E-state index contributed by atoms with van der Waals surface area (Å²) in [6.07, 6.45) is 1.52. The number of aryl methyl sites for hydroxylation is 2. The van der Waals surface area contributed by atoms with Crippen molar-refractivity contribution in [2.75, 3.05) is 11.3 Å². The van der Waals surface area contributed by atoms with Gasteiger partial charge in [-0.2, -0.15) is 0 Å². The van der Waals surface area contributed by atoms with Gasteiger partial charge in [-0.3, -0.25) is 9.52 Å². The third-order valence-corrected chi connectivity index (χ3v) is 5.81. The highest BCUT2D eigenvalue weighted by atomic mass is 32.2. The van der Waals surface area contributed by atoms with Gasteiger partial charge < -0.3 is 10.1 Å². The molecule has 7 nitrogen and oxygen atoms in total. The van der Waals surface area contributed by atoms with Crippen molar-refractivity contribution in [2.24, 2.45) is 0 Å². The quantitative estimate of drug-likeness (QED) is 0.595. The van der Waals surface area contributed by atoms with Crippen LogP contribution < -0.4 is 14.8 Å². The highest BCUT2D eigenvalue weighted by molar-refractivity contribution is 7.92. The van der Waals surface area contributed by atoms with Gasteiger partial charge in [0.25, 0.3) is 15.9 Å². The van der Waals surface area contributed by atoms with Crippen LogP contribution in [0.3, 0.4) is 0 Å². The van der Waals surface area contributed by atoms with Crippen LogP contribution in [0.15, 0.2) is 65.7 Å². The first kappa shape index (κ1) is 21.3. The predicted molar refractivity (Wildman–Crippen MR) is 115 cm³/mol. The summed E-state index contributed by atoms with van der Waals surface area (Å²) in [5, 5.41) is 2.71. The normalized spacial score (nSPS) is 11.0. The van der Waals surface area contributed by atoms with Crippen LogP contribution in [0.25, 0.3) is 0 Å². The van der Waals surface area contributed by atoms with Crippen molar-refractivity contribution in [2.45, 2.75) is 25.7 Å². The number of sulfonamides is 1. The molecule has 2 N–H and O–H groups in total. The van der Waals surface area contributed by atoms with Crippen LogP contribution in [0.4, 0.5) is 5.69 Å². The summed E-state index contributed by atoms with van der Waals surface area (Å²) < 4.78 is 34.0. The first-order valence-corrected chi connectivity index (χ1v) is 10.9. The van der Waals surface area contributed by atoms with Crippen LogP contribution in [0.2, 0.25) is 0 Å². The second-order valence-electron chi connectivity index (χ2n) is 6.72. The standard InChI is InChI=1S/C22H23N3O4S/c1-4-23-21(26)19-9-6-12-24-22(19)29-18-8-5-7-17(14-18)25-30(27,28)20-13-15(2)10-11-16(20)3/h5-14,25H,4H2,1-3H3,(H,23,26). The average Bonchev–Trinajstić information content (AvgIpc) is 2.70. The summed E-state index contributed by atoms with van der Waals surface area (Å²) in [6, 6.07) is 15.0. The lowest BCUT2D eigenvalue weighted by Gasteiger charge is -2.13. The van der Waals surface area contributed by atoms with Crippen LogP contribution in [0, 0.1) is 13.8 Å². The second-order valence-corrected chi connectivity index (χ2v) is 8.37. The van der Waals surface area contributed by atoms with E-state index in [2.05, 4.69) is 15.0 Å². The second kappa shape index (κ2) is 8.96. The number of hydrogen-bond donors (Lipinski definition) is 2. The average molecular weight is 426 g/mol. The minimum atomic E-state index is -3.77. The molecule has 0 saturated heterocycles. The number of carbonyl (C=O) groups excluding carboxylic acids is 1. The molecule has 0 saturated carbocycles. The van der Waals surface area contributed by atoms with Crippen LogP contribution in [-0.4, -0.2) is 25.9 Å². The fourth-order valence-electron chi connectivity index (χ4n) is 2.84. The molecule has 0 spiro atoms. The first-order chi connectivity index (χ1) is 14.3. The molecule has 0 fully saturated rings. The Balaban J connectivity index is 1.86. The largest absolute Gasteiger partial charge is 0.438 e. The number of nitrogens with one attached hydrogen (secondary N) is 2. The van der Waals surface area contributed by atoms with Gasteiger partial charge in [0.05, 0.1) is 10.6 Å². The summed E-state index contributed by atoms with van der Waals surface area (Å²) in [7, 11) is -3.77. The molecule has 0 radical (unpaired) electrons. The van der Waals surface area contributed by atoms with Crippen molar-refractivity contribution in [1.29, 1.82) is 0 Å². The zero-order valence-electron chi connectivity index (χ0n) is 17.0. The smallest absolute Gasteiger partial charge is 0.262 e. The number of benzene rings is 2. The molecule has 0 aliphatic heterocycles. The Hall–Kier alpha value is -3.39. The lowest BCUT2D eigenvalue weighted by atomic mass is 10.2. The SMILES string of the molecule is CCNC(=O)c1cccnc1Oc1cccc(NS(=O)(=O)c2cc(C)ccc2C)c1. The summed E-state index contributed by atoms with van der Waals surface area (Å²) in [6.45, 7) is 5.88. The van der Waals surface area contributed by atoms with Gasteiger partial charge in [0.1, 0.15) is 11.3 Å². The van der Waals surface area contributed by atoms with E-state index in [0.29, 0.717) is 29.1 Å². The number of ether oxygens (including phenoxy) is 1. The van der Waals surface area contributed by atoms with Crippen molar-refractivity contribution in [3.05, 3.63) is 77.5 Å². The molecule has 0 atom stereocenters. The number of pyridine rings is 1. The Labute approximate surface area is 176 Å². The molecule has 3 rings (SSSR count). The molecule has 3 aromatic rings. The number of nitrogens with zero attached hydrogens (tertiary/aromatic N) is 1. The van der Waals surface area contributed by atoms with Gasteiger partial charge in [-0.1, -0.05) is 18.2 Å². The molecule has 0 aliphatic rings. The predicted octanol–water partition coefficient (Wildman–Crippen LogP) is 4.04. The number of anilines is 1. The van der Waals surface area contributed by atoms with Gasteiger partial charge in [0.15, 0.2) is 0 Å². The van der Waals surface area contributed by atoms with E-state index in [1.807, 2.05) is 19.9 Å². The van der Waals surface area contributed by atoms with Gasteiger partial charge in [0.2, 0.25) is 5.88 Å². The number of carbonyl (C=O) groups is 1. The minimum absolute atomic E-state index is 0.137. The topological polar surface area (TPSA) is 97.4 Å². The fourth-order valence-corrected chi connectivity index (χ4v) is 4.22. The van der Waals surface area contributed by atoms with Crippen molar-refractivity contribution < 1.29 is 17.9 Å². The summed E-state index contributed by atoms with van der Waals surface area (Å²) >= 11 is 0. The van der Waals surface area contributed by atoms with Crippen LogP contribution in [0.5, 0.6) is 11.6 Å². The van der Waals surface area contributed by atoms with E-state index in [1.54, 1.807) is 55.5 Å². The maximum atomic E-state index is 12.8. The molecule has 1 aromatic heterocycles. The van der Waals surface area contributed by atoms with E-state index < -0.39 is 10.0 Å². The highest BCUT2D eigenvalue weighted by Gasteiger charge is 2.18. The highest BCUT2D eigenvalue weighted by Crippen LogP contribution is 2.27. The number of rotatable bonds is 7. The van der Waals surface area contributed by atoms with Crippen molar-refractivity contribution in [3.8, 4) is 11.6 Å². The van der Waals surface area contributed by atoms with Gasteiger partial charge in [-0.15, -0.1) is 0 Å². The van der Waals surface area contributed by atoms with Crippen LogP contribution in [0.1, 0.15) is 28.4 Å². The van der Waals surface area contributed by atoms with Crippen molar-refractivity contribution in [3.63, 3.8) is 0 Å². The van der Waals surface area contributed by atoms with Gasteiger partial charge in [-0.05, 0) is 62.2 Å². The number of amides is 1. The molecule has 30 heavy (non-hydrogen) atoms. The molecule has 2 aromatic carbocycles. The van der Waals surface area contributed by atoms with Crippen molar-refractivity contribution in [1.82, 2.24) is 10.3 Å². The van der Waals surface area contributed by atoms with E-state index in [4.69, 9.17) is 4.74 Å². The molecular formula is C22H23N3O4S. The maximum absolute atomic E-state index is 12.8. The monoisotopic (exact) mass is 425 g/mol. The molecule has 0 unspecified atom stereocenters. The molecule has 156 valence electrons. The van der Waals surface area contributed by atoms with E-state index in [1.165, 1.54) is 6.20 Å². The summed E-state index contributed by atoms with van der Waals surface area (Å²) in [4.78, 5) is 16.6. The first-order valence-electron chi connectivity index (χ1n) is 9.41. The van der Waals surface area contributed by atoms with E-state index in [9.17, 15) is 13.2 Å². The summed E-state index contributed by atoms with van der Waals surface area (Å²) in [5.74, 6) is 0.186. The Kier molecular flexibility index (Phi) is 6.37. The third-order valence-electron chi connectivity index (χ3n) is 4.29. The molecule has 1 amide bonds. The Morgan fingerprint density at radius 1 is 1.07 bits per heavy atom. The van der Waals surface area contributed by atoms with Crippen LogP contribution >= 0.6 is 0 Å². The molecule has 0 aliphatic carbocycles. The lowest BCUT2D eigenvalue weighted by molar-refractivity contribution is 0.0953. The third kappa shape index (κ3) is 4.96. The zero-order chi connectivity index (χ0) is 21.7. The Morgan fingerprint density at radius 3 is 2.63 bits per heavy atom. The summed E-state index contributed by atoms with van der Waals surface area (Å²) in [5.41, 5.74) is 2.14. The zero-order valence-corrected chi connectivity index (χ0v) is 17.8. The van der Waals surface area contributed by atoms with Crippen LogP contribution in [-0.2, 0) is 10.0 Å². The van der Waals surface area contributed by atoms with Gasteiger partial charge >= 0.3 is 0 Å². The van der Waals surface area contributed by atoms with E-state index >= 15 is 0 Å². The van der Waals surface area contributed by atoms with Gasteiger partial charge in [-0.25, -0.2) is 13.4 Å². The van der Waals surface area contributed by atoms with Gasteiger partial charge in [0, 0.05) is 18.8 Å². The maximum Gasteiger partial charge on any atom is 0.262 e. The number of aromatic nitrogens is 1. The van der Waals surface area contributed by atoms with E-state index in [0.717, 1.165) is 5.56 Å². The molecular weight excluding hydrogens is 402 g/mol. The Morgan fingerprint density at radius 2 is 1.87 bits per heavy atom. The lowest BCUT2D eigenvalue weighted by Crippen LogP contribution is -2.23. The molecule has 0 bridgehead atoms. The minimum Gasteiger partial charge on any atom is -0.438 e. The molecule has 1 heterocycles.